The highest BCUT2D eigenvalue weighted by atomic mass is 19.1. The second kappa shape index (κ2) is 9.17. The van der Waals surface area contributed by atoms with Crippen LogP contribution in [-0.2, 0) is 6.54 Å². The van der Waals surface area contributed by atoms with Crippen LogP contribution in [0, 0.1) is 12.7 Å². The fourth-order valence-corrected chi connectivity index (χ4v) is 3.30. The summed E-state index contributed by atoms with van der Waals surface area (Å²) in [5.74, 6) is -0.276. The standard InChI is InChI=1S/C22H26FN3O3/c1-15-6-4-5-7-20(15)26-12-17(11-25(2)13-18(28)14-27)22(24-26)16-8-9-21(29-3)19(23)10-16/h4-10,12,18,27-28H,11,13-14H2,1-3H3/t18-/m1/s1. The number of methoxy groups -OCH3 is 1. The lowest BCUT2D eigenvalue weighted by atomic mass is 10.1. The van der Waals surface area contributed by atoms with Gasteiger partial charge in [0.2, 0.25) is 0 Å². The van der Waals surface area contributed by atoms with Crippen LogP contribution in [0.2, 0.25) is 0 Å². The molecule has 0 aliphatic carbocycles. The number of rotatable bonds is 8. The summed E-state index contributed by atoms with van der Waals surface area (Å²) in [6.07, 6.45) is 1.09. The van der Waals surface area contributed by atoms with Crippen molar-refractivity contribution in [2.45, 2.75) is 19.6 Å². The fraction of sp³-hybridized carbons (Fsp3) is 0.318. The monoisotopic (exact) mass is 399 g/mol. The maximum Gasteiger partial charge on any atom is 0.165 e. The second-order valence-corrected chi connectivity index (χ2v) is 7.12. The largest absolute Gasteiger partial charge is 0.494 e. The van der Waals surface area contributed by atoms with E-state index in [4.69, 9.17) is 14.9 Å². The third kappa shape index (κ3) is 4.82. The van der Waals surface area contributed by atoms with E-state index in [1.165, 1.54) is 13.2 Å². The van der Waals surface area contributed by atoms with Crippen LogP contribution in [-0.4, -0.2) is 58.3 Å². The van der Waals surface area contributed by atoms with Crippen LogP contribution in [0.4, 0.5) is 4.39 Å². The van der Waals surface area contributed by atoms with Gasteiger partial charge in [0.25, 0.3) is 0 Å². The zero-order valence-electron chi connectivity index (χ0n) is 16.8. The summed E-state index contributed by atoms with van der Waals surface area (Å²) in [7, 11) is 3.28. The average molecular weight is 399 g/mol. The third-order valence-corrected chi connectivity index (χ3v) is 4.75. The first kappa shape index (κ1) is 21.0. The summed E-state index contributed by atoms with van der Waals surface area (Å²) in [4.78, 5) is 1.89. The molecule has 3 aromatic rings. The Morgan fingerprint density at radius 2 is 2.00 bits per heavy atom. The van der Waals surface area contributed by atoms with Gasteiger partial charge in [0.1, 0.15) is 0 Å². The summed E-state index contributed by atoms with van der Waals surface area (Å²) < 4.78 is 21.1. The van der Waals surface area contributed by atoms with Gasteiger partial charge in [-0.15, -0.1) is 0 Å². The Morgan fingerprint density at radius 3 is 2.66 bits per heavy atom. The Morgan fingerprint density at radius 1 is 1.24 bits per heavy atom. The molecule has 0 amide bonds. The van der Waals surface area contributed by atoms with Gasteiger partial charge in [0.15, 0.2) is 11.6 Å². The molecule has 0 spiro atoms. The van der Waals surface area contributed by atoms with Crippen LogP contribution in [0.1, 0.15) is 11.1 Å². The number of aliphatic hydroxyl groups is 2. The molecule has 0 unspecified atom stereocenters. The number of benzene rings is 2. The summed E-state index contributed by atoms with van der Waals surface area (Å²) in [6, 6.07) is 12.7. The molecule has 3 rings (SSSR count). The number of likely N-dealkylation sites (N-methyl/N-ethyl adjacent to an activating group) is 1. The quantitative estimate of drug-likeness (QED) is 0.610. The fourth-order valence-electron chi connectivity index (χ4n) is 3.30. The first-order valence-electron chi connectivity index (χ1n) is 9.38. The van der Waals surface area contributed by atoms with Crippen molar-refractivity contribution in [1.29, 1.82) is 0 Å². The van der Waals surface area contributed by atoms with Crippen molar-refractivity contribution in [3.63, 3.8) is 0 Å². The Hall–Kier alpha value is -2.74. The van der Waals surface area contributed by atoms with Crippen LogP contribution in [0.25, 0.3) is 16.9 Å². The van der Waals surface area contributed by atoms with Crippen LogP contribution in [0.5, 0.6) is 5.75 Å². The van der Waals surface area contributed by atoms with E-state index in [2.05, 4.69) is 0 Å². The molecule has 0 aliphatic heterocycles. The van der Waals surface area contributed by atoms with E-state index in [0.717, 1.165) is 16.8 Å². The number of hydrogen-bond donors (Lipinski definition) is 2. The van der Waals surface area contributed by atoms with Gasteiger partial charge in [0.05, 0.1) is 31.2 Å². The van der Waals surface area contributed by atoms with Crippen molar-refractivity contribution in [2.75, 3.05) is 27.3 Å². The Kier molecular flexibility index (Phi) is 6.64. The molecule has 6 nitrogen and oxygen atoms in total. The number of aromatic nitrogens is 2. The van der Waals surface area contributed by atoms with Crippen LogP contribution >= 0.6 is 0 Å². The average Bonchev–Trinajstić information content (AvgIpc) is 3.11. The minimum atomic E-state index is -0.826. The predicted octanol–water partition coefficient (Wildman–Crippen LogP) is 2.78. The van der Waals surface area contributed by atoms with Crippen molar-refractivity contribution < 1.29 is 19.3 Å². The lowest BCUT2D eigenvalue weighted by molar-refractivity contribution is 0.0648. The molecule has 2 aromatic carbocycles. The lowest BCUT2D eigenvalue weighted by Gasteiger charge is -2.19. The first-order valence-corrected chi connectivity index (χ1v) is 9.38. The van der Waals surface area contributed by atoms with Crippen molar-refractivity contribution in [3.8, 4) is 22.7 Å². The van der Waals surface area contributed by atoms with Crippen molar-refractivity contribution in [2.24, 2.45) is 0 Å². The van der Waals surface area contributed by atoms with Gasteiger partial charge in [-0.1, -0.05) is 18.2 Å². The van der Waals surface area contributed by atoms with Gasteiger partial charge in [0, 0.05) is 30.4 Å². The third-order valence-electron chi connectivity index (χ3n) is 4.75. The highest BCUT2D eigenvalue weighted by molar-refractivity contribution is 5.64. The molecule has 1 aromatic heterocycles. The van der Waals surface area contributed by atoms with Crippen molar-refractivity contribution in [3.05, 3.63) is 65.6 Å². The number of hydrogen-bond acceptors (Lipinski definition) is 5. The molecular weight excluding hydrogens is 373 g/mol. The summed E-state index contributed by atoms with van der Waals surface area (Å²) in [6.45, 7) is 2.49. The molecule has 1 heterocycles. The predicted molar refractivity (Wildman–Crippen MR) is 110 cm³/mol. The SMILES string of the molecule is COc1ccc(-c2nn(-c3ccccc3C)cc2CN(C)C[C@@H](O)CO)cc1F. The Labute approximate surface area is 169 Å². The lowest BCUT2D eigenvalue weighted by Crippen LogP contribution is -2.31. The molecule has 0 bridgehead atoms. The molecule has 0 aliphatic rings. The van der Waals surface area contributed by atoms with Gasteiger partial charge in [-0.3, -0.25) is 4.90 Å². The number of para-hydroxylation sites is 1. The second-order valence-electron chi connectivity index (χ2n) is 7.12. The zero-order valence-corrected chi connectivity index (χ0v) is 16.8. The van der Waals surface area contributed by atoms with Crippen LogP contribution < -0.4 is 4.74 Å². The molecule has 0 radical (unpaired) electrons. The number of aryl methyl sites for hydroxylation is 1. The summed E-state index contributed by atoms with van der Waals surface area (Å²) in [5.41, 5.74) is 4.18. The Bertz CT molecular complexity index is 974. The summed E-state index contributed by atoms with van der Waals surface area (Å²) in [5, 5.41) is 23.6. The smallest absolute Gasteiger partial charge is 0.165 e. The van der Waals surface area contributed by atoms with E-state index < -0.39 is 11.9 Å². The highest BCUT2D eigenvalue weighted by Gasteiger charge is 2.17. The molecule has 0 saturated heterocycles. The molecular formula is C22H26FN3O3. The first-order chi connectivity index (χ1) is 13.9. The van der Waals surface area contributed by atoms with Gasteiger partial charge in [-0.05, 0) is 43.8 Å². The molecule has 0 fully saturated rings. The van der Waals surface area contributed by atoms with Gasteiger partial charge >= 0.3 is 0 Å². The Balaban J connectivity index is 2.03. The van der Waals surface area contributed by atoms with Gasteiger partial charge < -0.3 is 14.9 Å². The number of nitrogens with zero attached hydrogens (tertiary/aromatic N) is 3. The number of aliphatic hydroxyl groups excluding tert-OH is 2. The van der Waals surface area contributed by atoms with E-state index in [1.807, 2.05) is 49.3 Å². The van der Waals surface area contributed by atoms with Crippen molar-refractivity contribution in [1.82, 2.24) is 14.7 Å². The minimum Gasteiger partial charge on any atom is -0.494 e. The molecule has 0 saturated carbocycles. The molecule has 154 valence electrons. The molecule has 1 atom stereocenters. The van der Waals surface area contributed by atoms with Gasteiger partial charge in [-0.25, -0.2) is 9.07 Å². The maximum absolute atomic E-state index is 14.3. The van der Waals surface area contributed by atoms with E-state index in [0.29, 0.717) is 24.3 Å². The minimum absolute atomic E-state index is 0.178. The normalized spacial score (nSPS) is 12.4. The van der Waals surface area contributed by atoms with E-state index in [-0.39, 0.29) is 12.4 Å². The maximum atomic E-state index is 14.3. The molecule has 2 N–H and O–H groups in total. The van der Waals surface area contributed by atoms with E-state index in [9.17, 15) is 9.50 Å². The van der Waals surface area contributed by atoms with Gasteiger partial charge in [-0.2, -0.15) is 5.10 Å². The van der Waals surface area contributed by atoms with Crippen LogP contribution in [0.3, 0.4) is 0 Å². The summed E-state index contributed by atoms with van der Waals surface area (Å²) >= 11 is 0. The van der Waals surface area contributed by atoms with Crippen LogP contribution in [0.15, 0.2) is 48.7 Å². The van der Waals surface area contributed by atoms with E-state index >= 15 is 0 Å². The number of ether oxygens (including phenoxy) is 1. The van der Waals surface area contributed by atoms with E-state index in [1.54, 1.807) is 16.8 Å². The number of halogens is 1. The van der Waals surface area contributed by atoms with Crippen molar-refractivity contribution >= 4 is 0 Å². The zero-order chi connectivity index (χ0) is 21.0. The topological polar surface area (TPSA) is 70.8 Å². The highest BCUT2D eigenvalue weighted by Crippen LogP contribution is 2.29. The molecule has 7 heteroatoms. The molecule has 29 heavy (non-hydrogen) atoms.